The zero-order chi connectivity index (χ0) is 48.8. The normalized spacial score (nSPS) is 13.7. The summed E-state index contributed by atoms with van der Waals surface area (Å²) < 4.78 is 25.9. The van der Waals surface area contributed by atoms with Crippen LogP contribution in [0.2, 0.25) is 0 Å². The summed E-state index contributed by atoms with van der Waals surface area (Å²) in [6.45, 7) is 12.4. The number of thiocarbonyl (C=S) groups is 1. The van der Waals surface area contributed by atoms with E-state index in [2.05, 4.69) is 80.4 Å². The third-order valence-electron chi connectivity index (χ3n) is 10.7. The molecule has 0 spiro atoms. The van der Waals surface area contributed by atoms with E-state index in [0.717, 1.165) is 112 Å². The number of aromatic nitrogens is 1. The van der Waals surface area contributed by atoms with Gasteiger partial charge in [-0.1, -0.05) is 85.1 Å². The Bertz CT molecular complexity index is 2410. The van der Waals surface area contributed by atoms with Gasteiger partial charge in [0.25, 0.3) is 0 Å². The van der Waals surface area contributed by atoms with Crippen molar-refractivity contribution in [3.05, 3.63) is 125 Å². The molecule has 0 amide bonds. The molecule has 71 heavy (non-hydrogen) atoms. The number of aliphatic hydroxyl groups is 2. The van der Waals surface area contributed by atoms with Crippen LogP contribution in [-0.2, 0) is 0 Å². The number of alkyl halides is 1. The predicted octanol–water partition coefficient (Wildman–Crippen LogP) is 9.03. The van der Waals surface area contributed by atoms with Gasteiger partial charge < -0.3 is 42.1 Å². The number of carbonyl (C=O) groups is 2. The molecule has 2 aliphatic rings. The van der Waals surface area contributed by atoms with Gasteiger partial charge in [0, 0.05) is 113 Å². The summed E-state index contributed by atoms with van der Waals surface area (Å²) >= 11 is 10.8. The number of thioether (sulfide) groups is 1. The van der Waals surface area contributed by atoms with Crippen LogP contribution in [0.1, 0.15) is 60.2 Å². The van der Waals surface area contributed by atoms with Crippen molar-refractivity contribution in [3.63, 3.8) is 0 Å². The minimum Gasteiger partial charge on any atom is -0.396 e. The molecule has 14 nitrogen and oxygen atoms in total. The van der Waals surface area contributed by atoms with E-state index in [9.17, 15) is 18.4 Å². The van der Waals surface area contributed by atoms with Crippen LogP contribution >= 0.6 is 61.1 Å². The SMILES string of the molecule is C.C.CCSC(N)=NC(=S)Nc1ccc(N2CCN(CCCO)CC2)cc1.Nc1nc(Nc2ccc(N3CCN(CCCO)CC3)cc2)sc1C(=O)c1cccc(F)c1.O=C(CBr)c1cccc(F)c1.P. The average Bonchev–Trinajstić information content (AvgIpc) is 3.72. The number of piperazine rings is 2. The minimum atomic E-state index is -0.469. The molecule has 0 saturated carbocycles. The Labute approximate surface area is 443 Å². The van der Waals surface area contributed by atoms with Crippen LogP contribution in [0.4, 0.5) is 42.5 Å². The van der Waals surface area contributed by atoms with Crippen LogP contribution < -0.4 is 31.9 Å². The fourth-order valence-corrected chi connectivity index (χ4v) is 9.08. The highest BCUT2D eigenvalue weighted by atomic mass is 79.9. The maximum Gasteiger partial charge on any atom is 0.206 e. The van der Waals surface area contributed by atoms with E-state index in [1.54, 1.807) is 12.1 Å². The molecule has 0 bridgehead atoms. The van der Waals surface area contributed by atoms with E-state index < -0.39 is 5.82 Å². The van der Waals surface area contributed by atoms with Crippen molar-refractivity contribution in [3.8, 4) is 0 Å². The molecular formula is C50H70BrF2N10O4PS3. The van der Waals surface area contributed by atoms with Gasteiger partial charge in [0.15, 0.2) is 21.2 Å². The molecule has 2 saturated heterocycles. The summed E-state index contributed by atoms with van der Waals surface area (Å²) in [4.78, 5) is 41.8. The Morgan fingerprint density at radius 3 is 1.73 bits per heavy atom. The summed E-state index contributed by atoms with van der Waals surface area (Å²) in [6, 6.07) is 27.5. The summed E-state index contributed by atoms with van der Waals surface area (Å²) in [5.74, 6) is -0.298. The third kappa shape index (κ3) is 20.8. The maximum absolute atomic E-state index is 13.4. The zero-order valence-corrected chi connectivity index (χ0v) is 44.1. The number of nitrogens with one attached hydrogen (secondary N) is 2. The first-order chi connectivity index (χ1) is 32.9. The lowest BCUT2D eigenvalue weighted by Crippen LogP contribution is -2.46. The van der Waals surface area contributed by atoms with Crippen LogP contribution in [0.3, 0.4) is 0 Å². The molecule has 8 N–H and O–H groups in total. The van der Waals surface area contributed by atoms with Crippen molar-refractivity contribution < 1.29 is 28.6 Å². The van der Waals surface area contributed by atoms with E-state index in [1.165, 1.54) is 53.8 Å². The molecule has 21 heteroatoms. The molecule has 2 fully saturated rings. The van der Waals surface area contributed by atoms with Crippen LogP contribution in [-0.4, -0.2) is 137 Å². The molecule has 0 aliphatic carbocycles. The van der Waals surface area contributed by atoms with Crippen LogP contribution in [0.25, 0.3) is 0 Å². The number of rotatable bonds is 16. The summed E-state index contributed by atoms with van der Waals surface area (Å²) in [5, 5.41) is 25.8. The second-order valence-electron chi connectivity index (χ2n) is 15.5. The van der Waals surface area contributed by atoms with Gasteiger partial charge in [0.05, 0.1) is 5.33 Å². The molecule has 1 atom stereocenters. The first kappa shape index (κ1) is 62.5. The van der Waals surface area contributed by atoms with Crippen LogP contribution in [0.5, 0.6) is 0 Å². The van der Waals surface area contributed by atoms with E-state index in [1.807, 2.05) is 31.2 Å². The number of thiazole rings is 1. The Morgan fingerprint density at radius 1 is 0.789 bits per heavy atom. The van der Waals surface area contributed by atoms with Crippen molar-refractivity contribution in [1.82, 2.24) is 14.8 Å². The standard InChI is InChI=1S/C23H26FN5O2S.C17H27N5OS2.C8H6BrFO.2CH4.H3P/c24-17-4-1-3-16(15-17)20(31)21-22(25)27-23(32-21)26-18-5-7-19(8-6-18)29-12-10-28(11-13-29)9-2-14-30;1-2-25-16(18)20-17(24)19-14-4-6-15(7-5-14)22-11-9-21(10-12-22)8-3-13-23;9-5-8(11)6-2-1-3-7(10)4-6;;;/h1,3-8,15,30H,2,9-14,25H2,(H,26,27);4-7,23H,2-3,8-13H2,1H3,(H3,18,19,20,24);1-4H,5H2;2*1H4;1H3. The molecule has 1 aromatic heterocycles. The number of aliphatic hydroxyl groups excluding tert-OH is 2. The lowest BCUT2D eigenvalue weighted by Gasteiger charge is -2.36. The van der Waals surface area contributed by atoms with E-state index >= 15 is 0 Å². The highest BCUT2D eigenvalue weighted by Gasteiger charge is 2.20. The van der Waals surface area contributed by atoms with E-state index in [0.29, 0.717) is 21.0 Å². The number of hydrogen-bond acceptors (Lipinski definition) is 14. The van der Waals surface area contributed by atoms with Crippen molar-refractivity contribution >= 4 is 117 Å². The summed E-state index contributed by atoms with van der Waals surface area (Å²) in [6.07, 6.45) is 1.67. The molecule has 0 radical (unpaired) electrons. The van der Waals surface area contributed by atoms with E-state index in [-0.39, 0.29) is 76.9 Å². The number of carbonyl (C=O) groups excluding carboxylic acids is 2. The lowest BCUT2D eigenvalue weighted by atomic mass is 10.1. The molecule has 7 rings (SSSR count). The number of benzene rings is 4. The monoisotopic (exact) mass is 1120 g/mol. The van der Waals surface area contributed by atoms with Gasteiger partial charge in [0.2, 0.25) is 5.78 Å². The topological polar surface area (TPSA) is 189 Å². The smallest absolute Gasteiger partial charge is 0.206 e. The number of Topliss-reactive ketones (excluding diaryl/α,β-unsaturated/α-hetero) is 1. The summed E-state index contributed by atoms with van der Waals surface area (Å²) in [7, 11) is 0. The quantitative estimate of drug-likeness (QED) is 0.0137. The second-order valence-corrected chi connectivity index (χ2v) is 18.7. The molecule has 4 aromatic carbocycles. The number of anilines is 6. The van der Waals surface area contributed by atoms with Crippen LogP contribution in [0, 0.1) is 11.6 Å². The van der Waals surface area contributed by atoms with Crippen molar-refractivity contribution in [2.24, 2.45) is 10.7 Å². The Balaban J connectivity index is 0.000000395. The van der Waals surface area contributed by atoms with Crippen molar-refractivity contribution in [1.29, 1.82) is 0 Å². The number of ketones is 2. The largest absolute Gasteiger partial charge is 0.396 e. The molecule has 2 aliphatic heterocycles. The zero-order valence-electron chi connectivity index (χ0n) is 38.7. The molecular weight excluding hydrogens is 1050 g/mol. The lowest BCUT2D eigenvalue weighted by molar-refractivity contribution is 0.102. The van der Waals surface area contributed by atoms with Crippen LogP contribution in [0.15, 0.2) is 102 Å². The van der Waals surface area contributed by atoms with Gasteiger partial charge in [-0.3, -0.25) is 19.4 Å². The number of halogens is 3. The van der Waals surface area contributed by atoms with Gasteiger partial charge >= 0.3 is 0 Å². The van der Waals surface area contributed by atoms with Gasteiger partial charge in [-0.15, -0.1) is 0 Å². The molecule has 1 unspecified atom stereocenters. The fourth-order valence-electron chi connectivity index (χ4n) is 7.16. The number of nitrogen functional groups attached to an aromatic ring is 1. The Morgan fingerprint density at radius 2 is 1.27 bits per heavy atom. The average molecular weight is 1120 g/mol. The Hall–Kier alpha value is -4.63. The second kappa shape index (κ2) is 33.2. The highest BCUT2D eigenvalue weighted by Crippen LogP contribution is 2.31. The van der Waals surface area contributed by atoms with E-state index in [4.69, 9.17) is 33.9 Å². The number of aliphatic imine (C=N–C) groups is 1. The maximum atomic E-state index is 13.4. The summed E-state index contributed by atoms with van der Waals surface area (Å²) in [5.41, 5.74) is 16.5. The number of nitrogens with zero attached hydrogens (tertiary/aromatic N) is 6. The third-order valence-corrected chi connectivity index (χ3v) is 13.1. The highest BCUT2D eigenvalue weighted by molar-refractivity contribution is 9.09. The number of hydrogen-bond donors (Lipinski definition) is 6. The minimum absolute atomic E-state index is 0. The number of nitrogens with two attached hydrogens (primary N) is 2. The van der Waals surface area contributed by atoms with Crippen molar-refractivity contribution in [2.45, 2.75) is 34.6 Å². The van der Waals surface area contributed by atoms with Crippen molar-refractivity contribution in [2.75, 3.05) is 116 Å². The predicted molar refractivity (Wildman–Crippen MR) is 308 cm³/mol. The van der Waals surface area contributed by atoms with Gasteiger partial charge in [0.1, 0.15) is 22.3 Å². The molecule has 3 heterocycles. The molecule has 5 aromatic rings. The van der Waals surface area contributed by atoms with Gasteiger partial charge in [-0.05, 0) is 104 Å². The first-order valence-corrected chi connectivity index (χ1v) is 25.6. The first-order valence-electron chi connectivity index (χ1n) is 22.2. The molecule has 388 valence electrons. The van der Waals surface area contributed by atoms with Gasteiger partial charge in [-0.25, -0.2) is 13.8 Å². The fraction of sp³-hybridized carbons (Fsp3) is 0.380. The Kier molecular flexibility index (Phi) is 29.2. The van der Waals surface area contributed by atoms with Gasteiger partial charge in [-0.2, -0.15) is 14.9 Å². The number of amidine groups is 1.